The smallest absolute Gasteiger partial charge is 0.0841 e. The summed E-state index contributed by atoms with van der Waals surface area (Å²) in [6.07, 6.45) is 0. The molecule has 0 saturated heterocycles. The van der Waals surface area contributed by atoms with E-state index in [2.05, 4.69) is 18.2 Å². The van der Waals surface area contributed by atoms with Crippen LogP contribution in [0.15, 0.2) is 87.5 Å². The minimum absolute atomic E-state index is 0.299. The monoisotopic (exact) mass is 365 g/mol. The zero-order valence-corrected chi connectivity index (χ0v) is 14.6. The Morgan fingerprint density at radius 2 is 0.818 bits per heavy atom. The Bertz CT molecular complexity index is 693. The van der Waals surface area contributed by atoms with Crippen molar-refractivity contribution in [1.29, 1.82) is 0 Å². The highest BCUT2D eigenvalue weighted by Gasteiger charge is 2.29. The first-order valence-corrected chi connectivity index (χ1v) is 9.00. The number of halogens is 3. The zero-order valence-electron chi connectivity index (χ0n) is 11.5. The molecule has 110 valence electrons. The van der Waals surface area contributed by atoms with Crippen molar-refractivity contribution in [2.75, 3.05) is 0 Å². The molecule has 3 aromatic carbocycles. The molecular formula is C18H12Cl3S+. The number of rotatable bonds is 3. The third-order valence-corrected chi connectivity index (χ3v) is 5.98. The van der Waals surface area contributed by atoms with Crippen molar-refractivity contribution in [2.24, 2.45) is 0 Å². The van der Waals surface area contributed by atoms with E-state index < -0.39 is 0 Å². The quantitative estimate of drug-likeness (QED) is 0.450. The summed E-state index contributed by atoms with van der Waals surface area (Å²) in [4.78, 5) is 3.41. The maximum atomic E-state index is 6.18. The van der Waals surface area contributed by atoms with E-state index in [-0.39, 0.29) is 10.9 Å². The van der Waals surface area contributed by atoms with Crippen LogP contribution >= 0.6 is 34.8 Å². The van der Waals surface area contributed by atoms with Crippen LogP contribution in [-0.2, 0) is 10.9 Å². The fourth-order valence-electron chi connectivity index (χ4n) is 2.19. The lowest BCUT2D eigenvalue weighted by molar-refractivity contribution is 1.32. The Balaban J connectivity index is 2.18. The fraction of sp³-hybridized carbons (Fsp3) is 0. The van der Waals surface area contributed by atoms with Crippen LogP contribution in [0.5, 0.6) is 0 Å². The molecule has 0 fully saturated rings. The number of benzene rings is 3. The highest BCUT2D eigenvalue weighted by Crippen LogP contribution is 2.34. The second-order valence-corrected chi connectivity index (χ2v) is 8.01. The summed E-state index contributed by atoms with van der Waals surface area (Å²) in [5, 5.41) is 2.16. The SMILES string of the molecule is Clc1cccc([S+](c2cccc(Cl)c2)c2cccc(Cl)c2)c1. The Labute approximate surface area is 148 Å². The summed E-state index contributed by atoms with van der Waals surface area (Å²) < 4.78 is 0. The molecule has 0 unspecified atom stereocenters. The highest BCUT2D eigenvalue weighted by atomic mass is 35.5. The van der Waals surface area contributed by atoms with Gasteiger partial charge in [-0.25, -0.2) is 0 Å². The minimum atomic E-state index is -0.299. The number of hydrogen-bond donors (Lipinski definition) is 0. The van der Waals surface area contributed by atoms with Gasteiger partial charge in [-0.3, -0.25) is 0 Å². The Hall–Kier alpha value is -1.12. The molecule has 3 rings (SSSR count). The van der Waals surface area contributed by atoms with Gasteiger partial charge in [0.1, 0.15) is 0 Å². The lowest BCUT2D eigenvalue weighted by Gasteiger charge is -2.08. The van der Waals surface area contributed by atoms with E-state index in [1.54, 1.807) is 0 Å². The molecule has 0 atom stereocenters. The van der Waals surface area contributed by atoms with Crippen LogP contribution in [0.25, 0.3) is 0 Å². The molecule has 3 aromatic rings. The van der Waals surface area contributed by atoms with Crippen LogP contribution in [0.4, 0.5) is 0 Å². The molecule has 0 spiro atoms. The van der Waals surface area contributed by atoms with E-state index in [1.165, 1.54) is 0 Å². The van der Waals surface area contributed by atoms with Gasteiger partial charge >= 0.3 is 0 Å². The molecule has 0 N–H and O–H groups in total. The summed E-state index contributed by atoms with van der Waals surface area (Å²) in [5.74, 6) is 0. The molecule has 0 aliphatic carbocycles. The van der Waals surface area contributed by atoms with Crippen molar-refractivity contribution in [3.05, 3.63) is 87.9 Å². The van der Waals surface area contributed by atoms with E-state index in [0.29, 0.717) is 0 Å². The minimum Gasteiger partial charge on any atom is -0.0841 e. The molecule has 0 aliphatic heterocycles. The van der Waals surface area contributed by atoms with Gasteiger partial charge in [0.05, 0.1) is 10.9 Å². The van der Waals surface area contributed by atoms with E-state index in [9.17, 15) is 0 Å². The van der Waals surface area contributed by atoms with Crippen LogP contribution < -0.4 is 0 Å². The molecule has 0 aromatic heterocycles. The molecule has 0 radical (unpaired) electrons. The van der Waals surface area contributed by atoms with Crippen molar-refractivity contribution >= 4 is 45.7 Å². The molecule has 0 saturated carbocycles. The summed E-state index contributed by atoms with van der Waals surface area (Å²) in [7, 11) is -0.299. The maximum Gasteiger partial charge on any atom is 0.168 e. The average Bonchev–Trinajstić information content (AvgIpc) is 2.48. The Kier molecular flexibility index (Phi) is 5.00. The van der Waals surface area contributed by atoms with E-state index in [4.69, 9.17) is 34.8 Å². The topological polar surface area (TPSA) is 0 Å². The predicted molar refractivity (Wildman–Crippen MR) is 96.5 cm³/mol. The van der Waals surface area contributed by atoms with Gasteiger partial charge in [-0.2, -0.15) is 0 Å². The van der Waals surface area contributed by atoms with Gasteiger partial charge in [0.15, 0.2) is 14.7 Å². The number of hydrogen-bond acceptors (Lipinski definition) is 0. The van der Waals surface area contributed by atoms with Crippen molar-refractivity contribution in [2.45, 2.75) is 14.7 Å². The molecule has 0 heterocycles. The van der Waals surface area contributed by atoms with E-state index >= 15 is 0 Å². The summed E-state index contributed by atoms with van der Waals surface area (Å²) >= 11 is 18.5. The molecule has 22 heavy (non-hydrogen) atoms. The zero-order chi connectivity index (χ0) is 15.5. The predicted octanol–water partition coefficient (Wildman–Crippen LogP) is 6.74. The lowest BCUT2D eigenvalue weighted by Crippen LogP contribution is -2.04. The van der Waals surface area contributed by atoms with Crippen LogP contribution in [0.3, 0.4) is 0 Å². The van der Waals surface area contributed by atoms with Crippen molar-refractivity contribution in [3.8, 4) is 0 Å². The molecule has 0 nitrogen and oxygen atoms in total. The van der Waals surface area contributed by atoms with Gasteiger partial charge in [-0.05, 0) is 36.4 Å². The Morgan fingerprint density at radius 1 is 0.500 bits per heavy atom. The standard InChI is InChI=1S/C18H12Cl3S/c19-13-4-1-7-16(10-13)22(17-8-2-5-14(20)11-17)18-9-3-6-15(21)12-18/h1-12H/q+1. The summed E-state index contributed by atoms with van der Waals surface area (Å²) in [6, 6.07) is 23.7. The Morgan fingerprint density at radius 3 is 1.09 bits per heavy atom. The largest absolute Gasteiger partial charge is 0.168 e. The van der Waals surface area contributed by atoms with E-state index in [1.807, 2.05) is 54.6 Å². The highest BCUT2D eigenvalue weighted by molar-refractivity contribution is 7.97. The first-order valence-electron chi connectivity index (χ1n) is 6.64. The third-order valence-electron chi connectivity index (χ3n) is 3.10. The lowest BCUT2D eigenvalue weighted by atomic mass is 10.3. The van der Waals surface area contributed by atoms with Gasteiger partial charge in [-0.15, -0.1) is 0 Å². The van der Waals surface area contributed by atoms with Crippen molar-refractivity contribution < 1.29 is 0 Å². The van der Waals surface area contributed by atoms with Crippen LogP contribution in [-0.4, -0.2) is 0 Å². The first kappa shape index (κ1) is 15.8. The summed E-state index contributed by atoms with van der Waals surface area (Å²) in [5.41, 5.74) is 0. The molecule has 0 bridgehead atoms. The maximum absolute atomic E-state index is 6.18. The van der Waals surface area contributed by atoms with Gasteiger partial charge in [0, 0.05) is 33.3 Å². The second-order valence-electron chi connectivity index (χ2n) is 4.68. The van der Waals surface area contributed by atoms with Crippen LogP contribution in [0.1, 0.15) is 0 Å². The second kappa shape index (κ2) is 6.97. The molecular weight excluding hydrogens is 355 g/mol. The van der Waals surface area contributed by atoms with E-state index in [0.717, 1.165) is 29.8 Å². The first-order chi connectivity index (χ1) is 10.6. The van der Waals surface area contributed by atoms with Gasteiger partial charge in [0.25, 0.3) is 0 Å². The van der Waals surface area contributed by atoms with Gasteiger partial charge in [-0.1, -0.05) is 53.0 Å². The average molecular weight is 367 g/mol. The molecule has 0 amide bonds. The molecule has 0 aliphatic rings. The third kappa shape index (κ3) is 3.61. The molecule has 4 heteroatoms. The summed E-state index contributed by atoms with van der Waals surface area (Å²) in [6.45, 7) is 0. The van der Waals surface area contributed by atoms with Gasteiger partial charge < -0.3 is 0 Å². The normalized spacial score (nSPS) is 10.9. The van der Waals surface area contributed by atoms with Crippen LogP contribution in [0, 0.1) is 0 Å². The fourth-order valence-corrected chi connectivity index (χ4v) is 5.15. The van der Waals surface area contributed by atoms with Crippen molar-refractivity contribution in [3.63, 3.8) is 0 Å². The van der Waals surface area contributed by atoms with Crippen molar-refractivity contribution in [1.82, 2.24) is 0 Å². The van der Waals surface area contributed by atoms with Gasteiger partial charge in [0.2, 0.25) is 0 Å². The van der Waals surface area contributed by atoms with Crippen LogP contribution in [0.2, 0.25) is 15.1 Å².